The first-order valence-corrected chi connectivity index (χ1v) is 13.3. The number of benzene rings is 3. The molecule has 2 heterocycles. The van der Waals surface area contributed by atoms with Gasteiger partial charge in [0, 0.05) is 43.1 Å². The lowest BCUT2D eigenvalue weighted by Gasteiger charge is -2.35. The van der Waals surface area contributed by atoms with E-state index in [9.17, 15) is 14.0 Å². The average molecular weight is 541 g/mol. The fourth-order valence-electron chi connectivity index (χ4n) is 5.13. The van der Waals surface area contributed by atoms with Gasteiger partial charge in [-0.15, -0.1) is 0 Å². The van der Waals surface area contributed by atoms with Crippen LogP contribution in [0.3, 0.4) is 0 Å². The second-order valence-electron chi connectivity index (χ2n) is 10.0. The Morgan fingerprint density at radius 3 is 2.27 bits per heavy atom. The van der Waals surface area contributed by atoms with Crippen LogP contribution >= 0.6 is 0 Å². The number of para-hydroxylation sites is 1. The maximum Gasteiger partial charge on any atom is 0.321 e. The third-order valence-corrected chi connectivity index (χ3v) is 7.64. The number of aryl methyl sites for hydroxylation is 1. The molecule has 4 aromatic rings. The summed E-state index contributed by atoms with van der Waals surface area (Å²) in [4.78, 5) is 30.2. The number of halogens is 1. The molecule has 0 atom stereocenters. The van der Waals surface area contributed by atoms with Crippen molar-refractivity contribution >= 4 is 17.6 Å². The smallest absolute Gasteiger partial charge is 0.321 e. The number of nitrogens with zero attached hydrogens (tertiary/aromatic N) is 3. The third kappa shape index (κ3) is 5.17. The number of amides is 3. The molecule has 40 heavy (non-hydrogen) atoms. The van der Waals surface area contributed by atoms with Gasteiger partial charge < -0.3 is 24.4 Å². The Labute approximate surface area is 233 Å². The quantitative estimate of drug-likeness (QED) is 0.327. The standard InChI is InChI=1S/C32H33FN4O3/c1-21-9-7-13-28(22(21)2)34-32(39)36-17-15-35(16-18-36)31(38)26-20-30(24-10-8-11-25(19-24)40-4)37(23(26)3)29-14-6-5-12-27(29)33/h5-14,19-20H,15-18H2,1-4H3,(H,34,39). The molecule has 0 unspecified atom stereocenters. The lowest BCUT2D eigenvalue weighted by atomic mass is 10.1. The maximum absolute atomic E-state index is 15.0. The summed E-state index contributed by atoms with van der Waals surface area (Å²) < 4.78 is 22.2. The molecule has 7 nitrogen and oxygen atoms in total. The number of methoxy groups -OCH3 is 1. The van der Waals surface area contributed by atoms with E-state index < -0.39 is 0 Å². The Hall–Kier alpha value is -4.59. The van der Waals surface area contributed by atoms with Crippen LogP contribution in [0.25, 0.3) is 16.9 Å². The summed E-state index contributed by atoms with van der Waals surface area (Å²) in [7, 11) is 1.59. The van der Waals surface area contributed by atoms with E-state index in [4.69, 9.17) is 4.74 Å². The molecular weight excluding hydrogens is 507 g/mol. The van der Waals surface area contributed by atoms with Crippen molar-refractivity contribution in [1.29, 1.82) is 0 Å². The number of urea groups is 1. The Kier molecular flexibility index (Phi) is 7.60. The summed E-state index contributed by atoms with van der Waals surface area (Å²) in [6.07, 6.45) is 0. The molecule has 3 aromatic carbocycles. The summed E-state index contributed by atoms with van der Waals surface area (Å²) >= 11 is 0. The first kappa shape index (κ1) is 27.0. The molecule has 1 aliphatic heterocycles. The van der Waals surface area contributed by atoms with Crippen LogP contribution in [0, 0.1) is 26.6 Å². The van der Waals surface area contributed by atoms with Crippen molar-refractivity contribution in [3.05, 3.63) is 101 Å². The number of anilines is 1. The second kappa shape index (κ2) is 11.3. The van der Waals surface area contributed by atoms with E-state index in [1.165, 1.54) is 6.07 Å². The molecule has 1 fully saturated rings. The number of nitrogens with one attached hydrogen (secondary N) is 1. The van der Waals surface area contributed by atoms with Crippen LogP contribution in [-0.2, 0) is 0 Å². The second-order valence-corrected chi connectivity index (χ2v) is 10.0. The van der Waals surface area contributed by atoms with Gasteiger partial charge in [-0.25, -0.2) is 9.18 Å². The number of carbonyl (C=O) groups excluding carboxylic acids is 2. The minimum absolute atomic E-state index is 0.147. The molecular formula is C32H33FN4O3. The number of ether oxygens (including phenoxy) is 1. The number of aromatic nitrogens is 1. The largest absolute Gasteiger partial charge is 0.497 e. The van der Waals surface area contributed by atoms with E-state index in [2.05, 4.69) is 5.32 Å². The first-order valence-electron chi connectivity index (χ1n) is 13.3. The zero-order chi connectivity index (χ0) is 28.4. The molecule has 0 aliphatic carbocycles. The SMILES string of the molecule is COc1cccc(-c2cc(C(=O)N3CCN(C(=O)Nc4cccc(C)c4C)CC3)c(C)n2-c2ccccc2F)c1. The van der Waals surface area contributed by atoms with Crippen molar-refractivity contribution in [3.8, 4) is 22.7 Å². The van der Waals surface area contributed by atoms with E-state index in [1.807, 2.05) is 69.3 Å². The van der Waals surface area contributed by atoms with Gasteiger partial charge in [-0.3, -0.25) is 4.79 Å². The monoisotopic (exact) mass is 540 g/mol. The number of carbonyl (C=O) groups is 2. The van der Waals surface area contributed by atoms with Crippen LogP contribution in [0.15, 0.2) is 72.8 Å². The molecule has 1 N–H and O–H groups in total. The van der Waals surface area contributed by atoms with Crippen LogP contribution in [0.2, 0.25) is 0 Å². The van der Waals surface area contributed by atoms with Crippen LogP contribution in [0.5, 0.6) is 5.75 Å². The van der Waals surface area contributed by atoms with E-state index in [-0.39, 0.29) is 17.8 Å². The maximum atomic E-state index is 15.0. The zero-order valence-electron chi connectivity index (χ0n) is 23.2. The zero-order valence-corrected chi connectivity index (χ0v) is 23.2. The van der Waals surface area contributed by atoms with Crippen molar-refractivity contribution in [2.45, 2.75) is 20.8 Å². The van der Waals surface area contributed by atoms with Gasteiger partial charge in [-0.1, -0.05) is 36.4 Å². The highest BCUT2D eigenvalue weighted by Crippen LogP contribution is 2.33. The fraction of sp³-hybridized carbons (Fsp3) is 0.250. The van der Waals surface area contributed by atoms with Crippen molar-refractivity contribution in [2.24, 2.45) is 0 Å². The van der Waals surface area contributed by atoms with Crippen molar-refractivity contribution in [2.75, 3.05) is 38.6 Å². The third-order valence-electron chi connectivity index (χ3n) is 7.64. The van der Waals surface area contributed by atoms with Crippen molar-refractivity contribution in [1.82, 2.24) is 14.4 Å². The number of piperazine rings is 1. The van der Waals surface area contributed by atoms with Crippen LogP contribution in [0.4, 0.5) is 14.9 Å². The number of hydrogen-bond acceptors (Lipinski definition) is 3. The summed E-state index contributed by atoms with van der Waals surface area (Å²) in [6, 6.07) is 21.5. The Morgan fingerprint density at radius 2 is 1.55 bits per heavy atom. The molecule has 3 amide bonds. The topological polar surface area (TPSA) is 66.8 Å². The van der Waals surface area contributed by atoms with Gasteiger partial charge in [0.1, 0.15) is 11.6 Å². The van der Waals surface area contributed by atoms with E-state index >= 15 is 0 Å². The van der Waals surface area contributed by atoms with E-state index in [0.29, 0.717) is 54.6 Å². The van der Waals surface area contributed by atoms with Gasteiger partial charge in [-0.05, 0) is 68.3 Å². The molecule has 0 bridgehead atoms. The number of rotatable bonds is 5. The highest BCUT2D eigenvalue weighted by molar-refractivity contribution is 5.98. The molecule has 5 rings (SSSR count). The van der Waals surface area contributed by atoms with Gasteiger partial charge in [0.2, 0.25) is 0 Å². The summed E-state index contributed by atoms with van der Waals surface area (Å²) in [5, 5.41) is 3.00. The van der Waals surface area contributed by atoms with Crippen molar-refractivity contribution < 1.29 is 18.7 Å². The van der Waals surface area contributed by atoms with E-state index in [1.54, 1.807) is 39.7 Å². The van der Waals surface area contributed by atoms with Crippen molar-refractivity contribution in [3.63, 3.8) is 0 Å². The highest BCUT2D eigenvalue weighted by Gasteiger charge is 2.29. The molecule has 0 spiro atoms. The summed E-state index contributed by atoms with van der Waals surface area (Å²) in [5.74, 6) is 0.138. The number of hydrogen-bond donors (Lipinski definition) is 1. The minimum Gasteiger partial charge on any atom is -0.497 e. The van der Waals surface area contributed by atoms with Gasteiger partial charge >= 0.3 is 6.03 Å². The minimum atomic E-state index is -0.382. The Balaban J connectivity index is 1.39. The molecule has 0 saturated carbocycles. The predicted molar refractivity (Wildman–Crippen MR) is 155 cm³/mol. The lowest BCUT2D eigenvalue weighted by molar-refractivity contribution is 0.0671. The molecule has 1 saturated heterocycles. The Morgan fingerprint density at radius 1 is 0.850 bits per heavy atom. The predicted octanol–water partition coefficient (Wildman–Crippen LogP) is 6.21. The van der Waals surface area contributed by atoms with Gasteiger partial charge in [0.15, 0.2) is 0 Å². The molecule has 1 aliphatic rings. The summed E-state index contributed by atoms with van der Waals surface area (Å²) in [6.45, 7) is 7.46. The molecule has 1 aromatic heterocycles. The van der Waals surface area contributed by atoms with Crippen LogP contribution in [-0.4, -0.2) is 59.6 Å². The molecule has 8 heteroatoms. The molecule has 0 radical (unpaired) electrons. The van der Waals surface area contributed by atoms with Gasteiger partial charge in [-0.2, -0.15) is 0 Å². The summed E-state index contributed by atoms with van der Waals surface area (Å²) in [5.41, 5.74) is 5.93. The first-order chi connectivity index (χ1) is 19.3. The van der Waals surface area contributed by atoms with Gasteiger partial charge in [0.25, 0.3) is 5.91 Å². The van der Waals surface area contributed by atoms with Crippen LogP contribution < -0.4 is 10.1 Å². The molecule has 206 valence electrons. The Bertz CT molecular complexity index is 1570. The lowest BCUT2D eigenvalue weighted by Crippen LogP contribution is -2.51. The fourth-order valence-corrected chi connectivity index (χ4v) is 5.13. The normalized spacial score (nSPS) is 13.3. The highest BCUT2D eigenvalue weighted by atomic mass is 19.1. The van der Waals surface area contributed by atoms with Crippen LogP contribution in [0.1, 0.15) is 27.2 Å². The average Bonchev–Trinajstić information content (AvgIpc) is 3.32. The van der Waals surface area contributed by atoms with Gasteiger partial charge in [0.05, 0.1) is 24.1 Å². The van der Waals surface area contributed by atoms with E-state index in [0.717, 1.165) is 22.4 Å².